The second-order valence-electron chi connectivity index (χ2n) is 5.64. The Hall–Kier alpha value is -1.80. The zero-order valence-corrected chi connectivity index (χ0v) is 16.3. The van der Waals surface area contributed by atoms with Gasteiger partial charge in [-0.25, -0.2) is 22.5 Å². The van der Waals surface area contributed by atoms with Gasteiger partial charge in [-0.1, -0.05) is 29.8 Å². The van der Waals surface area contributed by atoms with Gasteiger partial charge in [0.2, 0.25) is 10.0 Å². The monoisotopic (exact) mass is 410 g/mol. The van der Waals surface area contributed by atoms with E-state index in [1.807, 2.05) is 6.92 Å². The van der Waals surface area contributed by atoms with Gasteiger partial charge in [0.25, 0.3) is 0 Å². The summed E-state index contributed by atoms with van der Waals surface area (Å²) in [6.07, 6.45) is 0.499. The van der Waals surface area contributed by atoms with E-state index in [1.165, 1.54) is 35.6 Å². The number of aryl methyl sites for hydroxylation is 1. The molecule has 0 saturated heterocycles. The molecule has 0 amide bonds. The largest absolute Gasteiger partial charge is 0.241 e. The highest BCUT2D eigenvalue weighted by atomic mass is 35.5. The first-order chi connectivity index (χ1) is 12.3. The molecule has 0 bridgehead atoms. The summed E-state index contributed by atoms with van der Waals surface area (Å²) in [6, 6.07) is 12.4. The molecule has 8 heteroatoms. The number of benzene rings is 2. The molecular formula is C18H16ClFN2O2S2. The van der Waals surface area contributed by atoms with Crippen LogP contribution < -0.4 is 4.72 Å². The number of hydrogen-bond acceptors (Lipinski definition) is 4. The second kappa shape index (κ2) is 7.84. The lowest BCUT2D eigenvalue weighted by Gasteiger charge is -2.06. The number of hydrogen-bond donors (Lipinski definition) is 1. The minimum atomic E-state index is -3.62. The maximum atomic E-state index is 13.4. The summed E-state index contributed by atoms with van der Waals surface area (Å²) < 4.78 is 40.5. The Kier molecular flexibility index (Phi) is 5.72. The van der Waals surface area contributed by atoms with Gasteiger partial charge in [-0.2, -0.15) is 0 Å². The fourth-order valence-corrected chi connectivity index (χ4v) is 4.81. The molecule has 0 saturated carbocycles. The van der Waals surface area contributed by atoms with Crippen molar-refractivity contribution in [2.24, 2.45) is 0 Å². The average molecular weight is 411 g/mol. The molecule has 2 aromatic carbocycles. The number of nitrogens with zero attached hydrogens (tertiary/aromatic N) is 1. The summed E-state index contributed by atoms with van der Waals surface area (Å²) in [5.74, 6) is -0.314. The molecule has 0 aliphatic carbocycles. The Balaban J connectivity index is 1.69. The summed E-state index contributed by atoms with van der Waals surface area (Å²) in [5.41, 5.74) is 1.53. The van der Waals surface area contributed by atoms with Crippen LogP contribution in [-0.2, 0) is 16.4 Å². The van der Waals surface area contributed by atoms with Crippen molar-refractivity contribution >= 4 is 33.0 Å². The lowest BCUT2D eigenvalue weighted by Crippen LogP contribution is -2.25. The van der Waals surface area contributed by atoms with E-state index in [2.05, 4.69) is 9.71 Å². The summed E-state index contributed by atoms with van der Waals surface area (Å²) in [5, 5.41) is 1.08. The first kappa shape index (κ1) is 19.0. The zero-order valence-electron chi connectivity index (χ0n) is 13.9. The van der Waals surface area contributed by atoms with Crippen molar-refractivity contribution in [3.05, 3.63) is 69.9 Å². The third-order valence-electron chi connectivity index (χ3n) is 3.71. The smallest absolute Gasteiger partial charge is 0.240 e. The Morgan fingerprint density at radius 3 is 2.69 bits per heavy atom. The molecule has 26 heavy (non-hydrogen) atoms. The van der Waals surface area contributed by atoms with E-state index in [1.54, 1.807) is 24.3 Å². The van der Waals surface area contributed by atoms with E-state index < -0.39 is 10.0 Å². The third-order valence-corrected chi connectivity index (χ3v) is 6.67. The molecule has 1 aromatic heterocycles. The molecule has 0 fully saturated rings. The summed E-state index contributed by atoms with van der Waals surface area (Å²) >= 11 is 7.28. The van der Waals surface area contributed by atoms with Crippen LogP contribution in [-0.4, -0.2) is 19.9 Å². The van der Waals surface area contributed by atoms with Crippen LogP contribution in [0.25, 0.3) is 10.6 Å². The maximum Gasteiger partial charge on any atom is 0.240 e. The van der Waals surface area contributed by atoms with Crippen LogP contribution in [0.4, 0.5) is 4.39 Å². The van der Waals surface area contributed by atoms with Crippen LogP contribution >= 0.6 is 22.9 Å². The van der Waals surface area contributed by atoms with E-state index in [4.69, 9.17) is 11.6 Å². The molecule has 0 atom stereocenters. The van der Waals surface area contributed by atoms with Crippen LogP contribution in [0.5, 0.6) is 0 Å². The van der Waals surface area contributed by atoms with Crippen molar-refractivity contribution in [2.75, 3.05) is 6.54 Å². The molecule has 4 nitrogen and oxygen atoms in total. The van der Waals surface area contributed by atoms with Gasteiger partial charge in [0, 0.05) is 22.0 Å². The fraction of sp³-hybridized carbons (Fsp3) is 0.167. The number of halogens is 2. The van der Waals surface area contributed by atoms with Crippen LogP contribution in [0.15, 0.2) is 53.4 Å². The van der Waals surface area contributed by atoms with Gasteiger partial charge in [0.1, 0.15) is 10.8 Å². The van der Waals surface area contributed by atoms with Gasteiger partial charge in [0.05, 0.1) is 10.6 Å². The Morgan fingerprint density at radius 1 is 1.19 bits per heavy atom. The number of rotatable bonds is 6. The molecule has 1 heterocycles. The van der Waals surface area contributed by atoms with Gasteiger partial charge in [0.15, 0.2) is 0 Å². The molecule has 0 unspecified atom stereocenters. The molecule has 0 aliphatic heterocycles. The van der Waals surface area contributed by atoms with Crippen molar-refractivity contribution in [1.82, 2.24) is 9.71 Å². The third kappa shape index (κ3) is 4.48. The van der Waals surface area contributed by atoms with Gasteiger partial charge >= 0.3 is 0 Å². The van der Waals surface area contributed by atoms with Gasteiger partial charge in [-0.15, -0.1) is 11.3 Å². The molecule has 3 rings (SSSR count). The fourth-order valence-electron chi connectivity index (χ4n) is 2.42. The van der Waals surface area contributed by atoms with E-state index in [9.17, 15) is 12.8 Å². The Labute approximate surface area is 160 Å². The van der Waals surface area contributed by atoms with Crippen molar-refractivity contribution in [3.8, 4) is 10.6 Å². The van der Waals surface area contributed by atoms with Gasteiger partial charge in [-0.05, 0) is 43.7 Å². The number of nitrogens with one attached hydrogen (secondary N) is 1. The maximum absolute atomic E-state index is 13.4. The highest BCUT2D eigenvalue weighted by Crippen LogP contribution is 2.28. The van der Waals surface area contributed by atoms with Gasteiger partial charge < -0.3 is 0 Å². The van der Waals surface area contributed by atoms with E-state index >= 15 is 0 Å². The predicted molar refractivity (Wildman–Crippen MR) is 103 cm³/mol. The zero-order chi connectivity index (χ0) is 18.7. The van der Waals surface area contributed by atoms with Crippen LogP contribution in [0.2, 0.25) is 5.02 Å². The van der Waals surface area contributed by atoms with Crippen molar-refractivity contribution in [1.29, 1.82) is 0 Å². The SMILES string of the molecule is Cc1nc(-c2cccc(F)c2)sc1CCNS(=O)(=O)c1cccc(Cl)c1. The van der Waals surface area contributed by atoms with Gasteiger partial charge in [-0.3, -0.25) is 0 Å². The second-order valence-corrected chi connectivity index (χ2v) is 8.93. The Bertz CT molecular complexity index is 1040. The molecule has 1 N–H and O–H groups in total. The van der Waals surface area contributed by atoms with E-state index in [-0.39, 0.29) is 17.3 Å². The minimum Gasteiger partial charge on any atom is -0.241 e. The number of aromatic nitrogens is 1. The summed E-state index contributed by atoms with van der Waals surface area (Å²) in [7, 11) is -3.62. The first-order valence-electron chi connectivity index (χ1n) is 7.82. The molecular weight excluding hydrogens is 395 g/mol. The highest BCUT2D eigenvalue weighted by molar-refractivity contribution is 7.89. The van der Waals surface area contributed by atoms with Crippen molar-refractivity contribution in [3.63, 3.8) is 0 Å². The van der Waals surface area contributed by atoms with Crippen molar-refractivity contribution < 1.29 is 12.8 Å². The molecule has 136 valence electrons. The predicted octanol–water partition coefficient (Wildman–Crippen LogP) is 4.43. The lowest BCUT2D eigenvalue weighted by atomic mass is 10.2. The van der Waals surface area contributed by atoms with Crippen LogP contribution in [0.1, 0.15) is 10.6 Å². The quantitative estimate of drug-likeness (QED) is 0.653. The highest BCUT2D eigenvalue weighted by Gasteiger charge is 2.15. The normalized spacial score (nSPS) is 11.7. The van der Waals surface area contributed by atoms with E-state index in [0.717, 1.165) is 15.6 Å². The molecule has 0 aliphatic rings. The standard InChI is InChI=1S/C18H16ClFN2O2S2/c1-12-17(25-18(22-12)13-4-2-6-15(20)10-13)8-9-21-26(23,24)16-7-3-5-14(19)11-16/h2-7,10-11,21H,8-9H2,1H3. The average Bonchev–Trinajstić information content (AvgIpc) is 2.96. The van der Waals surface area contributed by atoms with Crippen LogP contribution in [0, 0.1) is 12.7 Å². The Morgan fingerprint density at radius 2 is 1.96 bits per heavy atom. The molecule has 0 spiro atoms. The van der Waals surface area contributed by atoms with E-state index in [0.29, 0.717) is 17.0 Å². The molecule has 0 radical (unpaired) electrons. The van der Waals surface area contributed by atoms with Crippen LogP contribution in [0.3, 0.4) is 0 Å². The summed E-state index contributed by atoms with van der Waals surface area (Å²) in [4.78, 5) is 5.55. The lowest BCUT2D eigenvalue weighted by molar-refractivity contribution is 0.581. The first-order valence-corrected chi connectivity index (χ1v) is 10.5. The number of thiazole rings is 1. The van der Waals surface area contributed by atoms with Crippen molar-refractivity contribution in [2.45, 2.75) is 18.2 Å². The summed E-state index contributed by atoms with van der Waals surface area (Å²) in [6.45, 7) is 2.10. The minimum absolute atomic E-state index is 0.131. The topological polar surface area (TPSA) is 59.1 Å². The number of sulfonamides is 1. The molecule has 3 aromatic rings.